The van der Waals surface area contributed by atoms with Crippen LogP contribution in [-0.4, -0.2) is 32.2 Å². The molecule has 2 aromatic rings. The fraction of sp³-hybridized carbons (Fsp3) is 0.474. The minimum absolute atomic E-state index is 0.0229. The minimum Gasteiger partial charge on any atom is -0.326 e. The number of carbonyl (C=O) groups excluding carboxylic acids is 1. The number of hydrogen-bond donors (Lipinski definition) is 2. The van der Waals surface area contributed by atoms with Crippen LogP contribution in [0, 0.1) is 5.92 Å². The summed E-state index contributed by atoms with van der Waals surface area (Å²) in [6.45, 7) is 7.86. The molecule has 27 heavy (non-hydrogen) atoms. The lowest BCUT2D eigenvalue weighted by molar-refractivity contribution is -0.128. The fourth-order valence-electron chi connectivity index (χ4n) is 3.41. The Morgan fingerprint density at radius 1 is 1.37 bits per heavy atom. The van der Waals surface area contributed by atoms with Gasteiger partial charge in [0, 0.05) is 13.0 Å². The Bertz CT molecular complexity index is 870. The van der Waals surface area contributed by atoms with E-state index in [1.807, 2.05) is 23.2 Å². The van der Waals surface area contributed by atoms with E-state index in [2.05, 4.69) is 41.7 Å². The third-order valence-electron chi connectivity index (χ3n) is 4.61. The molecule has 0 saturated heterocycles. The first-order valence-electron chi connectivity index (χ1n) is 9.30. The summed E-state index contributed by atoms with van der Waals surface area (Å²) in [6, 6.07) is 8.15. The van der Waals surface area contributed by atoms with Crippen LogP contribution in [0.4, 0.5) is 0 Å². The van der Waals surface area contributed by atoms with Gasteiger partial charge in [-0.2, -0.15) is 0 Å². The number of benzene rings is 1. The van der Waals surface area contributed by atoms with Crippen LogP contribution in [0.25, 0.3) is 11.0 Å². The number of imidazole rings is 1. The maximum Gasteiger partial charge on any atom is 0.247 e. The van der Waals surface area contributed by atoms with Crippen molar-refractivity contribution in [1.29, 1.82) is 0 Å². The van der Waals surface area contributed by atoms with Crippen molar-refractivity contribution in [2.75, 3.05) is 6.54 Å². The minimum atomic E-state index is -0.471. The smallest absolute Gasteiger partial charge is 0.247 e. The van der Waals surface area contributed by atoms with E-state index in [1.54, 1.807) is 11.6 Å². The number of hydrogen-bond acceptors (Lipinski definition) is 6. The maximum absolute atomic E-state index is 11.2. The Hall–Kier alpha value is -2.74. The highest BCUT2D eigenvalue weighted by molar-refractivity contribution is 5.76. The van der Waals surface area contributed by atoms with E-state index >= 15 is 0 Å². The number of aryl methyl sites for hydroxylation is 1. The first kappa shape index (κ1) is 19.0. The molecule has 144 valence electrons. The molecular formula is C19H26N6O2. The largest absolute Gasteiger partial charge is 0.326 e. The highest BCUT2D eigenvalue weighted by Gasteiger charge is 2.31. The van der Waals surface area contributed by atoms with Gasteiger partial charge in [0.05, 0.1) is 23.3 Å². The Labute approximate surface area is 158 Å². The van der Waals surface area contributed by atoms with E-state index in [0.29, 0.717) is 12.2 Å². The molecule has 1 aromatic heterocycles. The number of nitrogens with one attached hydrogen (secondary N) is 1. The number of aromatic nitrogens is 2. The third-order valence-corrected chi connectivity index (χ3v) is 4.61. The highest BCUT2D eigenvalue weighted by atomic mass is 16.5. The first-order valence-corrected chi connectivity index (χ1v) is 9.30. The van der Waals surface area contributed by atoms with Gasteiger partial charge in [0.2, 0.25) is 5.91 Å². The van der Waals surface area contributed by atoms with Crippen LogP contribution < -0.4 is 5.48 Å². The summed E-state index contributed by atoms with van der Waals surface area (Å²) in [6.07, 6.45) is 2.77. The molecule has 1 aliphatic heterocycles. The van der Waals surface area contributed by atoms with Gasteiger partial charge in [-0.15, -0.1) is 5.11 Å². The molecule has 0 spiro atoms. The zero-order chi connectivity index (χ0) is 19.4. The summed E-state index contributed by atoms with van der Waals surface area (Å²) in [7, 11) is 0. The number of rotatable bonds is 7. The Balaban J connectivity index is 1.91. The lowest BCUT2D eigenvalue weighted by atomic mass is 10.0. The predicted molar refractivity (Wildman–Crippen MR) is 102 cm³/mol. The van der Waals surface area contributed by atoms with Crippen molar-refractivity contribution in [3.05, 3.63) is 41.9 Å². The van der Waals surface area contributed by atoms with Crippen molar-refractivity contribution < 1.29 is 10.0 Å². The van der Waals surface area contributed by atoms with Crippen molar-refractivity contribution >= 4 is 16.9 Å². The van der Waals surface area contributed by atoms with Crippen molar-refractivity contribution in [2.24, 2.45) is 16.3 Å². The van der Waals surface area contributed by atoms with Crippen molar-refractivity contribution in [1.82, 2.24) is 20.0 Å². The molecule has 2 heterocycles. The molecule has 1 unspecified atom stereocenters. The highest BCUT2D eigenvalue weighted by Crippen LogP contribution is 2.34. The van der Waals surface area contributed by atoms with E-state index in [1.165, 1.54) is 0 Å². The molecule has 8 nitrogen and oxygen atoms in total. The van der Waals surface area contributed by atoms with E-state index in [0.717, 1.165) is 29.8 Å². The lowest BCUT2D eigenvalue weighted by Crippen LogP contribution is -2.29. The quantitative estimate of drug-likeness (QED) is 0.575. The molecular weight excluding hydrogens is 344 g/mol. The third kappa shape index (κ3) is 4.00. The summed E-state index contributed by atoms with van der Waals surface area (Å²) in [4.78, 5) is 16.1. The summed E-state index contributed by atoms with van der Waals surface area (Å²) in [5.74, 6) is 0.791. The number of hydroxylamine groups is 1. The van der Waals surface area contributed by atoms with E-state index < -0.39 is 5.91 Å². The molecule has 3 rings (SSSR count). The number of carbonyl (C=O) groups is 1. The topological polar surface area (TPSA) is 95.1 Å². The molecule has 8 heteroatoms. The summed E-state index contributed by atoms with van der Waals surface area (Å²) in [5.41, 5.74) is 4.45. The second-order valence-electron chi connectivity index (χ2n) is 7.02. The Morgan fingerprint density at radius 3 is 2.85 bits per heavy atom. The molecule has 1 amide bonds. The number of fused-ring (bicyclic) bond motifs is 1. The average Bonchev–Trinajstić information content (AvgIpc) is 3.26. The SMILES string of the molecule is CCCn1c(C(C(C)C)N2C/C(=C/CC(=O)NO)N=N2)nc2ccccc21. The fourth-order valence-corrected chi connectivity index (χ4v) is 3.41. The molecule has 0 aliphatic carbocycles. The molecule has 1 aliphatic rings. The van der Waals surface area contributed by atoms with Crippen LogP contribution in [0.5, 0.6) is 0 Å². The van der Waals surface area contributed by atoms with Gasteiger partial charge in [-0.1, -0.05) is 38.1 Å². The van der Waals surface area contributed by atoms with E-state index in [9.17, 15) is 4.79 Å². The van der Waals surface area contributed by atoms with Crippen LogP contribution in [0.2, 0.25) is 0 Å². The number of para-hydroxylation sites is 2. The summed E-state index contributed by atoms with van der Waals surface area (Å²) >= 11 is 0. The van der Waals surface area contributed by atoms with Crippen molar-refractivity contribution in [2.45, 2.75) is 46.2 Å². The van der Waals surface area contributed by atoms with Gasteiger partial charge >= 0.3 is 0 Å². The van der Waals surface area contributed by atoms with Gasteiger partial charge < -0.3 is 4.57 Å². The van der Waals surface area contributed by atoms with Crippen LogP contribution in [0.1, 0.15) is 45.5 Å². The predicted octanol–water partition coefficient (Wildman–Crippen LogP) is 3.61. The molecule has 0 bridgehead atoms. The second-order valence-corrected chi connectivity index (χ2v) is 7.02. The zero-order valence-corrected chi connectivity index (χ0v) is 16.0. The summed E-state index contributed by atoms with van der Waals surface area (Å²) < 4.78 is 2.27. The normalized spacial score (nSPS) is 16.6. The van der Waals surface area contributed by atoms with Gasteiger partial charge in [-0.3, -0.25) is 15.0 Å². The van der Waals surface area contributed by atoms with Gasteiger partial charge in [0.15, 0.2) is 0 Å². The molecule has 2 N–H and O–H groups in total. The number of nitrogens with zero attached hydrogens (tertiary/aromatic N) is 5. The lowest BCUT2D eigenvalue weighted by Gasteiger charge is -2.28. The van der Waals surface area contributed by atoms with E-state index in [-0.39, 0.29) is 18.4 Å². The van der Waals surface area contributed by atoms with Gasteiger partial charge in [0.25, 0.3) is 0 Å². The Kier molecular flexibility index (Phi) is 5.85. The second kappa shape index (κ2) is 8.30. The van der Waals surface area contributed by atoms with Crippen molar-refractivity contribution in [3.8, 4) is 0 Å². The van der Waals surface area contributed by atoms with Crippen LogP contribution in [0.3, 0.4) is 0 Å². The molecule has 0 fully saturated rings. The first-order chi connectivity index (χ1) is 13.0. The number of amides is 1. The van der Waals surface area contributed by atoms with Crippen LogP contribution in [0.15, 0.2) is 46.4 Å². The van der Waals surface area contributed by atoms with Crippen LogP contribution >= 0.6 is 0 Å². The van der Waals surface area contributed by atoms with Gasteiger partial charge in [-0.25, -0.2) is 10.5 Å². The average molecular weight is 370 g/mol. The summed E-state index contributed by atoms with van der Waals surface area (Å²) in [5, 5.41) is 19.1. The Morgan fingerprint density at radius 2 is 2.15 bits per heavy atom. The molecule has 1 atom stereocenters. The van der Waals surface area contributed by atoms with Crippen LogP contribution in [-0.2, 0) is 11.3 Å². The monoisotopic (exact) mass is 370 g/mol. The molecule has 0 saturated carbocycles. The molecule has 0 radical (unpaired) electrons. The van der Waals surface area contributed by atoms with Gasteiger partial charge in [-0.05, 0) is 30.5 Å². The maximum atomic E-state index is 11.2. The van der Waals surface area contributed by atoms with E-state index in [4.69, 9.17) is 10.2 Å². The zero-order valence-electron chi connectivity index (χ0n) is 16.0. The standard InChI is InChI=1S/C19H26N6O2/c1-4-11-24-16-8-6-5-7-15(16)20-19(24)18(13(2)3)25-12-14(21-23-25)9-10-17(26)22-27/h5-9,13,18,27H,4,10-12H2,1-3H3,(H,22,26)/b14-9-. The van der Waals surface area contributed by atoms with Gasteiger partial charge in [0.1, 0.15) is 11.9 Å². The molecule has 1 aromatic carbocycles. The van der Waals surface area contributed by atoms with Crippen molar-refractivity contribution in [3.63, 3.8) is 0 Å².